The number of aryl methyl sites for hydroxylation is 1. The number of benzene rings is 2. The molecule has 0 bridgehead atoms. The van der Waals surface area contributed by atoms with Gasteiger partial charge in [0.1, 0.15) is 24.2 Å². The number of esters is 3. The molecule has 13 nitrogen and oxygen atoms in total. The van der Waals surface area contributed by atoms with Crippen molar-refractivity contribution in [2.24, 2.45) is 0 Å². The first-order valence-electron chi connectivity index (χ1n) is 13.8. The highest BCUT2D eigenvalue weighted by Crippen LogP contribution is 2.29. The van der Waals surface area contributed by atoms with Crippen LogP contribution in [0.5, 0.6) is 5.75 Å². The molecule has 1 N–H and O–H groups in total. The molecule has 1 amide bonds. The van der Waals surface area contributed by atoms with Crippen LogP contribution in [0, 0.1) is 0 Å². The Morgan fingerprint density at radius 1 is 1.05 bits per heavy atom. The van der Waals surface area contributed by atoms with Crippen LogP contribution < -0.4 is 10.1 Å². The summed E-state index contributed by atoms with van der Waals surface area (Å²) in [5.74, 6) is -1.87. The van der Waals surface area contributed by atoms with Gasteiger partial charge in [0.05, 0.1) is 18.9 Å². The molecule has 1 aromatic heterocycles. The molecule has 0 aliphatic carbocycles. The molecule has 43 heavy (non-hydrogen) atoms. The van der Waals surface area contributed by atoms with E-state index in [1.165, 1.54) is 21.0 Å². The molecule has 0 unspecified atom stereocenters. The monoisotopic (exact) mass is 594 g/mol. The van der Waals surface area contributed by atoms with E-state index in [1.54, 1.807) is 22.9 Å². The smallest absolute Gasteiger partial charge is 0.335 e. The number of carbonyl (C=O) groups is 4. The van der Waals surface area contributed by atoms with E-state index in [4.69, 9.17) is 23.7 Å². The van der Waals surface area contributed by atoms with Crippen molar-refractivity contribution < 1.29 is 42.9 Å². The standard InChI is InChI=1S/C30H34N4O9/c1-19(35)40-18-21-10-11-26(42-28-16-23(41-20(2)36)15-27(43-28)30(38)39-3)24(14-21)29(37)31-12-7-13-34-17-25(32-33-34)22-8-5-4-6-9-22/h4-6,8-11,14,17,23,27-28H,7,12-13,15-16,18H2,1-3H3,(H,31,37)/t23-,27-,28+/m0/s1. The second kappa shape index (κ2) is 14.9. The predicted molar refractivity (Wildman–Crippen MR) is 150 cm³/mol. The Morgan fingerprint density at radius 3 is 2.56 bits per heavy atom. The Kier molecular flexibility index (Phi) is 10.8. The van der Waals surface area contributed by atoms with E-state index in [2.05, 4.69) is 15.6 Å². The number of methoxy groups -OCH3 is 1. The second-order valence-corrected chi connectivity index (χ2v) is 9.85. The molecule has 0 saturated carbocycles. The Bertz CT molecular complexity index is 1430. The molecule has 3 aromatic rings. The predicted octanol–water partition coefficient (Wildman–Crippen LogP) is 2.82. The fraction of sp³-hybridized carbons (Fsp3) is 0.400. The molecule has 1 saturated heterocycles. The van der Waals surface area contributed by atoms with Gasteiger partial charge in [0.15, 0.2) is 6.10 Å². The first-order chi connectivity index (χ1) is 20.7. The van der Waals surface area contributed by atoms with E-state index >= 15 is 0 Å². The highest BCUT2D eigenvalue weighted by Gasteiger charge is 2.37. The van der Waals surface area contributed by atoms with Gasteiger partial charge in [0, 0.05) is 45.3 Å². The van der Waals surface area contributed by atoms with Gasteiger partial charge < -0.3 is 29.0 Å². The highest BCUT2D eigenvalue weighted by molar-refractivity contribution is 5.97. The molecule has 2 aromatic carbocycles. The highest BCUT2D eigenvalue weighted by atomic mass is 16.7. The van der Waals surface area contributed by atoms with E-state index in [0.29, 0.717) is 25.1 Å². The summed E-state index contributed by atoms with van der Waals surface area (Å²) < 4.78 is 28.7. The normalized spacial score (nSPS) is 17.9. The van der Waals surface area contributed by atoms with Crippen LogP contribution in [0.3, 0.4) is 0 Å². The minimum atomic E-state index is -1.02. The third kappa shape index (κ3) is 9.10. The van der Waals surface area contributed by atoms with Gasteiger partial charge in [-0.05, 0) is 24.1 Å². The molecule has 2 heterocycles. The van der Waals surface area contributed by atoms with Crippen molar-refractivity contribution in [3.05, 3.63) is 65.9 Å². The third-order valence-electron chi connectivity index (χ3n) is 6.49. The van der Waals surface area contributed by atoms with Gasteiger partial charge in [0.25, 0.3) is 5.91 Å². The zero-order valence-corrected chi connectivity index (χ0v) is 24.2. The molecule has 13 heteroatoms. The zero-order valence-electron chi connectivity index (χ0n) is 24.2. The SMILES string of the molecule is COC(=O)[C@@H]1C[C@H](OC(C)=O)C[C@H](Oc2ccc(COC(C)=O)cc2C(=O)NCCCn2cc(-c3ccccc3)nn2)O1. The van der Waals surface area contributed by atoms with E-state index in [-0.39, 0.29) is 30.8 Å². The largest absolute Gasteiger partial charge is 0.467 e. The van der Waals surface area contributed by atoms with Crippen molar-refractivity contribution in [3.8, 4) is 17.0 Å². The minimum absolute atomic E-state index is 0.0369. The van der Waals surface area contributed by atoms with Crippen molar-refractivity contribution in [3.63, 3.8) is 0 Å². The van der Waals surface area contributed by atoms with Crippen LogP contribution >= 0.6 is 0 Å². The number of aromatic nitrogens is 3. The summed E-state index contributed by atoms with van der Waals surface area (Å²) in [6.07, 6.45) is -0.0299. The molecule has 1 fully saturated rings. The Balaban J connectivity index is 1.43. The number of nitrogens with zero attached hydrogens (tertiary/aromatic N) is 3. The Labute approximate surface area is 248 Å². The van der Waals surface area contributed by atoms with Gasteiger partial charge in [-0.1, -0.05) is 41.6 Å². The fourth-order valence-corrected chi connectivity index (χ4v) is 4.49. The maximum atomic E-state index is 13.3. The lowest BCUT2D eigenvalue weighted by Gasteiger charge is -2.33. The zero-order chi connectivity index (χ0) is 30.8. The van der Waals surface area contributed by atoms with E-state index in [1.807, 2.05) is 36.5 Å². The van der Waals surface area contributed by atoms with E-state index in [0.717, 1.165) is 11.3 Å². The van der Waals surface area contributed by atoms with Gasteiger partial charge in [-0.3, -0.25) is 19.1 Å². The summed E-state index contributed by atoms with van der Waals surface area (Å²) in [6.45, 7) is 3.38. The molecule has 0 spiro atoms. The number of nitrogens with one attached hydrogen (secondary N) is 1. The van der Waals surface area contributed by atoms with Gasteiger partial charge in [-0.15, -0.1) is 5.10 Å². The third-order valence-corrected chi connectivity index (χ3v) is 6.49. The number of carbonyl (C=O) groups excluding carboxylic acids is 4. The first kappa shape index (κ1) is 31.2. The van der Waals surface area contributed by atoms with Crippen molar-refractivity contribution in [2.45, 2.75) is 64.8 Å². The van der Waals surface area contributed by atoms with Crippen LogP contribution in [0.25, 0.3) is 11.3 Å². The molecule has 0 radical (unpaired) electrons. The maximum absolute atomic E-state index is 13.3. The summed E-state index contributed by atoms with van der Waals surface area (Å²) in [5, 5.41) is 11.2. The first-order valence-corrected chi connectivity index (χ1v) is 13.8. The van der Waals surface area contributed by atoms with Gasteiger partial charge in [0.2, 0.25) is 6.29 Å². The molecular formula is C30H34N4O9. The Hall–Kier alpha value is -4.78. The molecule has 4 rings (SSSR count). The summed E-state index contributed by atoms with van der Waals surface area (Å²) in [6, 6.07) is 14.5. The minimum Gasteiger partial charge on any atom is -0.467 e. The average Bonchev–Trinajstić information content (AvgIpc) is 3.47. The molecule has 228 valence electrons. The Morgan fingerprint density at radius 2 is 1.84 bits per heavy atom. The van der Waals surface area contributed by atoms with Gasteiger partial charge >= 0.3 is 17.9 Å². The number of amides is 1. The van der Waals surface area contributed by atoms with Crippen LogP contribution in [0.1, 0.15) is 49.0 Å². The van der Waals surface area contributed by atoms with Crippen molar-refractivity contribution in [1.82, 2.24) is 20.3 Å². The summed E-state index contributed by atoms with van der Waals surface area (Å²) in [7, 11) is 1.23. The fourth-order valence-electron chi connectivity index (χ4n) is 4.49. The number of ether oxygens (including phenoxy) is 5. The van der Waals surface area contributed by atoms with Gasteiger partial charge in [-0.25, -0.2) is 4.79 Å². The van der Waals surface area contributed by atoms with Crippen LogP contribution in [0.15, 0.2) is 54.7 Å². The number of rotatable bonds is 12. The van der Waals surface area contributed by atoms with E-state index in [9.17, 15) is 19.2 Å². The summed E-state index contributed by atoms with van der Waals surface area (Å²) in [5.41, 5.74) is 2.46. The van der Waals surface area contributed by atoms with Crippen LogP contribution in [-0.4, -0.2) is 71.0 Å². The van der Waals surface area contributed by atoms with Crippen molar-refractivity contribution >= 4 is 23.8 Å². The van der Waals surface area contributed by atoms with Gasteiger partial charge in [-0.2, -0.15) is 0 Å². The van der Waals surface area contributed by atoms with Crippen LogP contribution in [0.4, 0.5) is 0 Å². The lowest BCUT2D eigenvalue weighted by atomic mass is 10.0. The summed E-state index contributed by atoms with van der Waals surface area (Å²) >= 11 is 0. The lowest BCUT2D eigenvalue weighted by molar-refractivity contribution is -0.204. The molecule has 3 atom stereocenters. The van der Waals surface area contributed by atoms with E-state index < -0.39 is 42.3 Å². The molecule has 1 aliphatic heterocycles. The lowest BCUT2D eigenvalue weighted by Crippen LogP contribution is -2.44. The maximum Gasteiger partial charge on any atom is 0.335 e. The molecule has 1 aliphatic rings. The molecular weight excluding hydrogens is 560 g/mol. The number of hydrogen-bond acceptors (Lipinski definition) is 11. The number of hydrogen-bond donors (Lipinski definition) is 1. The summed E-state index contributed by atoms with van der Waals surface area (Å²) in [4.78, 5) is 48.4. The average molecular weight is 595 g/mol. The topological polar surface area (TPSA) is 157 Å². The van der Waals surface area contributed by atoms with Crippen LogP contribution in [-0.2, 0) is 46.5 Å². The van der Waals surface area contributed by atoms with Crippen LogP contribution in [0.2, 0.25) is 0 Å². The van der Waals surface area contributed by atoms with Crippen molar-refractivity contribution in [2.75, 3.05) is 13.7 Å². The van der Waals surface area contributed by atoms with Crippen molar-refractivity contribution in [1.29, 1.82) is 0 Å². The second-order valence-electron chi connectivity index (χ2n) is 9.85. The quantitative estimate of drug-likeness (QED) is 0.187.